The molecule has 0 spiro atoms. The van der Waals surface area contributed by atoms with Gasteiger partial charge in [0.05, 0.1) is 11.9 Å². The Kier molecular flexibility index (Phi) is 4.64. The van der Waals surface area contributed by atoms with Crippen LogP contribution in [0.2, 0.25) is 0 Å². The normalized spacial score (nSPS) is 11.8. The molecule has 0 aliphatic carbocycles. The second-order valence-electron chi connectivity index (χ2n) is 5.16. The highest BCUT2D eigenvalue weighted by Crippen LogP contribution is 2.17. The summed E-state index contributed by atoms with van der Waals surface area (Å²) in [5.41, 5.74) is 1.36. The largest absolute Gasteiger partial charge is 0.352 e. The van der Waals surface area contributed by atoms with E-state index in [1.165, 1.54) is 6.20 Å². The summed E-state index contributed by atoms with van der Waals surface area (Å²) in [6.07, 6.45) is 4.67. The lowest BCUT2D eigenvalue weighted by molar-refractivity contribution is 0.571. The van der Waals surface area contributed by atoms with E-state index in [0.717, 1.165) is 5.69 Å². The van der Waals surface area contributed by atoms with Gasteiger partial charge in [-0.1, -0.05) is 13.8 Å². The third kappa shape index (κ3) is 4.05. The van der Waals surface area contributed by atoms with Crippen molar-refractivity contribution in [2.75, 3.05) is 4.72 Å². The Morgan fingerprint density at radius 1 is 1.38 bits per heavy atom. The Hall–Kier alpha value is -1.86. The van der Waals surface area contributed by atoms with Gasteiger partial charge in [0.15, 0.2) is 0 Å². The maximum absolute atomic E-state index is 12.3. The van der Waals surface area contributed by atoms with Crippen LogP contribution in [-0.4, -0.2) is 24.0 Å². The first-order valence-electron chi connectivity index (χ1n) is 6.70. The standard InChI is InChI=1S/C14H20N4O2S/c1-11(2)16-9-13-7-14(10-18(13)3)21(19,20)17-12-5-4-6-15-8-12/h4-8,10-11,16-17H,9H2,1-3H3. The zero-order valence-electron chi connectivity index (χ0n) is 12.4. The van der Waals surface area contributed by atoms with Crippen LogP contribution in [0.3, 0.4) is 0 Å². The number of nitrogens with zero attached hydrogens (tertiary/aromatic N) is 2. The van der Waals surface area contributed by atoms with Gasteiger partial charge >= 0.3 is 0 Å². The molecule has 0 bridgehead atoms. The molecule has 2 heterocycles. The van der Waals surface area contributed by atoms with E-state index in [4.69, 9.17) is 0 Å². The molecule has 0 saturated carbocycles. The molecular weight excluding hydrogens is 288 g/mol. The maximum atomic E-state index is 12.3. The Morgan fingerprint density at radius 2 is 2.14 bits per heavy atom. The van der Waals surface area contributed by atoms with Gasteiger partial charge in [0, 0.05) is 37.7 Å². The first kappa shape index (κ1) is 15.5. The molecule has 2 aromatic rings. The van der Waals surface area contributed by atoms with E-state index in [1.54, 1.807) is 30.6 Å². The minimum atomic E-state index is -3.59. The Labute approximate surface area is 125 Å². The molecule has 0 aromatic carbocycles. The van der Waals surface area contributed by atoms with Gasteiger partial charge < -0.3 is 9.88 Å². The minimum absolute atomic E-state index is 0.245. The molecule has 0 aliphatic rings. The average Bonchev–Trinajstić information content (AvgIpc) is 2.79. The highest BCUT2D eigenvalue weighted by atomic mass is 32.2. The molecule has 7 heteroatoms. The zero-order chi connectivity index (χ0) is 15.5. The van der Waals surface area contributed by atoms with Crippen molar-refractivity contribution >= 4 is 15.7 Å². The van der Waals surface area contributed by atoms with Gasteiger partial charge in [-0.25, -0.2) is 8.42 Å². The lowest BCUT2D eigenvalue weighted by atomic mass is 10.3. The van der Waals surface area contributed by atoms with Crippen LogP contribution in [0.1, 0.15) is 19.5 Å². The number of rotatable bonds is 6. The predicted molar refractivity (Wildman–Crippen MR) is 82.4 cm³/mol. The third-order valence-electron chi connectivity index (χ3n) is 3.00. The molecule has 0 atom stereocenters. The lowest BCUT2D eigenvalue weighted by Gasteiger charge is -2.08. The van der Waals surface area contributed by atoms with Crippen molar-refractivity contribution in [2.45, 2.75) is 31.3 Å². The van der Waals surface area contributed by atoms with Gasteiger partial charge in [-0.15, -0.1) is 0 Å². The van der Waals surface area contributed by atoms with Crippen molar-refractivity contribution in [3.8, 4) is 0 Å². The van der Waals surface area contributed by atoms with Crippen molar-refractivity contribution in [3.63, 3.8) is 0 Å². The first-order chi connectivity index (χ1) is 9.88. The number of anilines is 1. The van der Waals surface area contributed by atoms with Crippen LogP contribution in [0.4, 0.5) is 5.69 Å². The van der Waals surface area contributed by atoms with E-state index >= 15 is 0 Å². The van der Waals surface area contributed by atoms with Gasteiger partial charge in [0.2, 0.25) is 0 Å². The molecular formula is C14H20N4O2S. The number of pyridine rings is 1. The van der Waals surface area contributed by atoms with Crippen LogP contribution in [0.5, 0.6) is 0 Å². The van der Waals surface area contributed by atoms with Crippen molar-refractivity contribution in [1.29, 1.82) is 0 Å². The van der Waals surface area contributed by atoms with Gasteiger partial charge in [0.25, 0.3) is 10.0 Å². The zero-order valence-corrected chi connectivity index (χ0v) is 13.2. The Bertz CT molecular complexity index is 693. The van der Waals surface area contributed by atoms with E-state index in [9.17, 15) is 8.42 Å². The van der Waals surface area contributed by atoms with Crippen LogP contribution in [0.15, 0.2) is 41.7 Å². The first-order valence-corrected chi connectivity index (χ1v) is 8.18. The fourth-order valence-electron chi connectivity index (χ4n) is 1.85. The number of aromatic nitrogens is 2. The molecule has 6 nitrogen and oxygen atoms in total. The predicted octanol–water partition coefficient (Wildman–Crippen LogP) is 1.72. The van der Waals surface area contributed by atoms with Crippen LogP contribution in [0, 0.1) is 0 Å². The fraction of sp³-hybridized carbons (Fsp3) is 0.357. The van der Waals surface area contributed by atoms with E-state index in [-0.39, 0.29) is 4.90 Å². The molecule has 2 rings (SSSR count). The van der Waals surface area contributed by atoms with Gasteiger partial charge in [0.1, 0.15) is 4.90 Å². The Balaban J connectivity index is 2.19. The number of aryl methyl sites for hydroxylation is 1. The summed E-state index contributed by atoms with van der Waals surface area (Å²) in [5.74, 6) is 0. The van der Waals surface area contributed by atoms with Crippen molar-refractivity contribution in [2.24, 2.45) is 7.05 Å². The quantitative estimate of drug-likeness (QED) is 0.852. The SMILES string of the molecule is CC(C)NCc1cc(S(=O)(=O)Nc2cccnc2)cn1C. The summed E-state index contributed by atoms with van der Waals surface area (Å²) < 4.78 is 29.0. The summed E-state index contributed by atoms with van der Waals surface area (Å²) in [6, 6.07) is 5.36. The molecule has 114 valence electrons. The summed E-state index contributed by atoms with van der Waals surface area (Å²) in [4.78, 5) is 4.14. The molecule has 2 N–H and O–H groups in total. The van der Waals surface area contributed by atoms with Crippen LogP contribution in [-0.2, 0) is 23.6 Å². The summed E-state index contributed by atoms with van der Waals surface area (Å²) in [6.45, 7) is 4.71. The van der Waals surface area contributed by atoms with Gasteiger partial charge in [-0.05, 0) is 18.2 Å². The molecule has 0 amide bonds. The number of nitrogens with one attached hydrogen (secondary N) is 2. The van der Waals surface area contributed by atoms with Gasteiger partial charge in [-0.2, -0.15) is 0 Å². The van der Waals surface area contributed by atoms with E-state index < -0.39 is 10.0 Å². The molecule has 0 aliphatic heterocycles. The smallest absolute Gasteiger partial charge is 0.263 e. The summed E-state index contributed by atoms with van der Waals surface area (Å²) in [5, 5.41) is 3.27. The topological polar surface area (TPSA) is 76.0 Å². The fourth-order valence-corrected chi connectivity index (χ4v) is 2.98. The van der Waals surface area contributed by atoms with Crippen LogP contribution >= 0.6 is 0 Å². The molecule has 0 fully saturated rings. The number of hydrogen-bond acceptors (Lipinski definition) is 4. The number of hydrogen-bond donors (Lipinski definition) is 2. The van der Waals surface area contributed by atoms with Gasteiger partial charge in [-0.3, -0.25) is 9.71 Å². The van der Waals surface area contributed by atoms with Crippen molar-refractivity contribution < 1.29 is 8.42 Å². The van der Waals surface area contributed by atoms with E-state index in [1.807, 2.05) is 25.5 Å². The van der Waals surface area contributed by atoms with Crippen molar-refractivity contribution in [1.82, 2.24) is 14.9 Å². The maximum Gasteiger partial charge on any atom is 0.263 e. The Morgan fingerprint density at radius 3 is 2.76 bits per heavy atom. The molecule has 0 unspecified atom stereocenters. The monoisotopic (exact) mass is 308 g/mol. The summed E-state index contributed by atoms with van der Waals surface area (Å²) in [7, 11) is -1.76. The molecule has 2 aromatic heterocycles. The average molecular weight is 308 g/mol. The number of sulfonamides is 1. The highest BCUT2D eigenvalue weighted by Gasteiger charge is 2.17. The lowest BCUT2D eigenvalue weighted by Crippen LogP contribution is -2.22. The van der Waals surface area contributed by atoms with E-state index in [2.05, 4.69) is 15.0 Å². The van der Waals surface area contributed by atoms with Crippen LogP contribution < -0.4 is 10.0 Å². The minimum Gasteiger partial charge on any atom is -0.352 e. The molecule has 21 heavy (non-hydrogen) atoms. The van der Waals surface area contributed by atoms with Crippen molar-refractivity contribution in [3.05, 3.63) is 42.5 Å². The second kappa shape index (κ2) is 6.28. The van der Waals surface area contributed by atoms with Crippen LogP contribution in [0.25, 0.3) is 0 Å². The molecule has 0 saturated heterocycles. The highest BCUT2D eigenvalue weighted by molar-refractivity contribution is 7.92. The molecule has 0 radical (unpaired) electrons. The van der Waals surface area contributed by atoms with E-state index in [0.29, 0.717) is 18.3 Å². The summed E-state index contributed by atoms with van der Waals surface area (Å²) >= 11 is 0. The second-order valence-corrected chi connectivity index (χ2v) is 6.84. The third-order valence-corrected chi connectivity index (χ3v) is 4.35.